The summed E-state index contributed by atoms with van der Waals surface area (Å²) in [5, 5.41) is 9.29. The molecule has 0 saturated carbocycles. The van der Waals surface area contributed by atoms with Gasteiger partial charge in [-0.2, -0.15) is 0 Å². The molecule has 0 bridgehead atoms. The van der Waals surface area contributed by atoms with Gasteiger partial charge in [-0.15, -0.1) is 0 Å². The van der Waals surface area contributed by atoms with Crippen LogP contribution in [0.1, 0.15) is 32.8 Å². The van der Waals surface area contributed by atoms with Gasteiger partial charge in [0.1, 0.15) is 0 Å². The highest BCUT2D eigenvalue weighted by molar-refractivity contribution is 7.89. The molecule has 0 aromatic heterocycles. The van der Waals surface area contributed by atoms with Crippen LogP contribution >= 0.6 is 0 Å². The fourth-order valence-electron chi connectivity index (χ4n) is 2.02. The van der Waals surface area contributed by atoms with Crippen LogP contribution in [0.2, 0.25) is 0 Å². The zero-order chi connectivity index (χ0) is 15.3. The molecule has 0 aliphatic heterocycles. The van der Waals surface area contributed by atoms with Crippen LogP contribution in [-0.2, 0) is 10.0 Å². The summed E-state index contributed by atoms with van der Waals surface area (Å²) in [5.74, 6) is 0.243. The molecule has 0 amide bonds. The molecule has 0 aliphatic carbocycles. The largest absolute Gasteiger partial charge is 0.396 e. The Labute approximate surface area is 122 Å². The summed E-state index contributed by atoms with van der Waals surface area (Å²) in [6.07, 6.45) is 0.701. The summed E-state index contributed by atoms with van der Waals surface area (Å²) < 4.78 is 27.4. The van der Waals surface area contributed by atoms with Gasteiger partial charge in [-0.3, -0.25) is 0 Å². The average Bonchev–Trinajstić information content (AvgIpc) is 2.36. The lowest BCUT2D eigenvalue weighted by molar-refractivity contribution is 0.200. The van der Waals surface area contributed by atoms with Crippen molar-refractivity contribution >= 4 is 10.0 Å². The van der Waals surface area contributed by atoms with Crippen LogP contribution in [0.5, 0.6) is 0 Å². The fraction of sp³-hybridized carbons (Fsp3) is 0.600. The van der Waals surface area contributed by atoms with Crippen molar-refractivity contribution in [2.45, 2.75) is 45.1 Å². The van der Waals surface area contributed by atoms with Gasteiger partial charge in [0.15, 0.2) is 0 Å². The van der Waals surface area contributed by atoms with Gasteiger partial charge < -0.3 is 5.11 Å². The topological polar surface area (TPSA) is 66.4 Å². The normalized spacial score (nSPS) is 15.3. The molecule has 1 rings (SSSR count). The van der Waals surface area contributed by atoms with E-state index in [-0.39, 0.29) is 23.5 Å². The molecular formula is C15H25NO3S. The van der Waals surface area contributed by atoms with Crippen molar-refractivity contribution in [1.82, 2.24) is 4.72 Å². The summed E-state index contributed by atoms with van der Waals surface area (Å²) in [7, 11) is -3.54. The third-order valence-electron chi connectivity index (χ3n) is 3.34. The van der Waals surface area contributed by atoms with Crippen molar-refractivity contribution in [3.63, 3.8) is 0 Å². The van der Waals surface area contributed by atoms with E-state index < -0.39 is 10.0 Å². The smallest absolute Gasteiger partial charge is 0.240 e. The fourth-order valence-corrected chi connectivity index (χ4v) is 3.37. The Bertz CT molecular complexity index is 508. The molecular weight excluding hydrogens is 274 g/mol. The zero-order valence-corrected chi connectivity index (χ0v) is 13.4. The standard InChI is InChI=1S/C15H25NO3S/c1-11(2)9-15(13(4)10-17)16-20(18,19)14-7-5-12(3)6-8-14/h5-8,11,13,15-17H,9-10H2,1-4H3/t13-,15-/m0/s1. The summed E-state index contributed by atoms with van der Waals surface area (Å²) in [4.78, 5) is 0.266. The Morgan fingerprint density at radius 2 is 1.70 bits per heavy atom. The van der Waals surface area contributed by atoms with Gasteiger partial charge >= 0.3 is 0 Å². The van der Waals surface area contributed by atoms with Gasteiger partial charge in [-0.25, -0.2) is 13.1 Å². The summed E-state index contributed by atoms with van der Waals surface area (Å²) in [6, 6.07) is 6.51. The van der Waals surface area contributed by atoms with Gasteiger partial charge in [-0.1, -0.05) is 38.5 Å². The highest BCUT2D eigenvalue weighted by atomic mass is 32.2. The number of nitrogens with one attached hydrogen (secondary N) is 1. The van der Waals surface area contributed by atoms with Crippen molar-refractivity contribution in [2.24, 2.45) is 11.8 Å². The van der Waals surface area contributed by atoms with E-state index in [1.807, 2.05) is 27.7 Å². The Kier molecular flexibility index (Phi) is 6.17. The zero-order valence-electron chi connectivity index (χ0n) is 12.6. The maximum absolute atomic E-state index is 12.4. The molecule has 0 saturated heterocycles. The molecule has 1 aromatic carbocycles. The number of aryl methyl sites for hydroxylation is 1. The molecule has 0 fully saturated rings. The minimum atomic E-state index is -3.54. The van der Waals surface area contributed by atoms with E-state index in [1.54, 1.807) is 24.3 Å². The predicted octanol–water partition coefficient (Wildman–Crippen LogP) is 2.32. The Morgan fingerprint density at radius 1 is 1.15 bits per heavy atom. The maximum Gasteiger partial charge on any atom is 0.240 e. The molecule has 20 heavy (non-hydrogen) atoms. The minimum Gasteiger partial charge on any atom is -0.396 e. The lowest BCUT2D eigenvalue weighted by atomic mass is 9.95. The molecule has 4 nitrogen and oxygen atoms in total. The molecule has 0 aliphatic rings. The number of hydrogen-bond donors (Lipinski definition) is 2. The van der Waals surface area contributed by atoms with E-state index in [4.69, 9.17) is 0 Å². The van der Waals surface area contributed by atoms with E-state index in [1.165, 1.54) is 0 Å². The van der Waals surface area contributed by atoms with Crippen LogP contribution in [-0.4, -0.2) is 26.2 Å². The van der Waals surface area contributed by atoms with Crippen molar-refractivity contribution in [3.8, 4) is 0 Å². The van der Waals surface area contributed by atoms with Gasteiger partial charge in [0.2, 0.25) is 10.0 Å². The predicted molar refractivity (Wildman–Crippen MR) is 81.0 cm³/mol. The molecule has 2 atom stereocenters. The molecule has 0 heterocycles. The molecule has 5 heteroatoms. The number of aliphatic hydroxyl groups is 1. The van der Waals surface area contributed by atoms with Crippen LogP contribution in [0.25, 0.3) is 0 Å². The van der Waals surface area contributed by atoms with Crippen molar-refractivity contribution in [1.29, 1.82) is 0 Å². The molecule has 114 valence electrons. The highest BCUT2D eigenvalue weighted by Crippen LogP contribution is 2.17. The van der Waals surface area contributed by atoms with Gasteiger partial charge in [0, 0.05) is 12.6 Å². The third kappa shape index (κ3) is 4.89. The first-order valence-electron chi connectivity index (χ1n) is 6.96. The third-order valence-corrected chi connectivity index (χ3v) is 4.84. The van der Waals surface area contributed by atoms with Crippen molar-refractivity contribution < 1.29 is 13.5 Å². The lowest BCUT2D eigenvalue weighted by Crippen LogP contribution is -2.41. The van der Waals surface area contributed by atoms with Crippen LogP contribution in [0.15, 0.2) is 29.2 Å². The minimum absolute atomic E-state index is 0.0339. The molecule has 1 aromatic rings. The second kappa shape index (κ2) is 7.20. The van der Waals surface area contributed by atoms with Crippen molar-refractivity contribution in [2.75, 3.05) is 6.61 Å². The number of sulfonamides is 1. The number of benzene rings is 1. The number of hydrogen-bond acceptors (Lipinski definition) is 3. The maximum atomic E-state index is 12.4. The lowest BCUT2D eigenvalue weighted by Gasteiger charge is -2.25. The van der Waals surface area contributed by atoms with Crippen LogP contribution in [0.3, 0.4) is 0 Å². The van der Waals surface area contributed by atoms with E-state index in [0.717, 1.165) is 5.56 Å². The van der Waals surface area contributed by atoms with E-state index in [0.29, 0.717) is 12.3 Å². The Morgan fingerprint density at radius 3 is 2.15 bits per heavy atom. The Balaban J connectivity index is 2.93. The molecule has 0 radical (unpaired) electrons. The summed E-state index contributed by atoms with van der Waals surface area (Å²) >= 11 is 0. The highest BCUT2D eigenvalue weighted by Gasteiger charge is 2.24. The van der Waals surface area contributed by atoms with Gasteiger partial charge in [0.25, 0.3) is 0 Å². The van der Waals surface area contributed by atoms with Crippen LogP contribution < -0.4 is 4.72 Å². The first-order valence-corrected chi connectivity index (χ1v) is 8.44. The molecule has 0 unspecified atom stereocenters. The average molecular weight is 299 g/mol. The molecule has 0 spiro atoms. The summed E-state index contributed by atoms with van der Waals surface area (Å²) in [5.41, 5.74) is 1.02. The quantitative estimate of drug-likeness (QED) is 0.812. The number of aliphatic hydroxyl groups excluding tert-OH is 1. The van der Waals surface area contributed by atoms with Gasteiger partial charge in [-0.05, 0) is 37.3 Å². The van der Waals surface area contributed by atoms with E-state index in [2.05, 4.69) is 4.72 Å². The first-order chi connectivity index (χ1) is 9.26. The van der Waals surface area contributed by atoms with Crippen LogP contribution in [0, 0.1) is 18.8 Å². The van der Waals surface area contributed by atoms with Crippen LogP contribution in [0.4, 0.5) is 0 Å². The van der Waals surface area contributed by atoms with Gasteiger partial charge in [0.05, 0.1) is 4.90 Å². The Hall–Kier alpha value is -0.910. The SMILES string of the molecule is Cc1ccc(S(=O)(=O)N[C@@H](CC(C)C)[C@@H](C)CO)cc1. The second-order valence-corrected chi connectivity index (χ2v) is 7.54. The van der Waals surface area contributed by atoms with E-state index >= 15 is 0 Å². The first kappa shape index (κ1) is 17.1. The van der Waals surface area contributed by atoms with Crippen molar-refractivity contribution in [3.05, 3.63) is 29.8 Å². The molecule has 2 N–H and O–H groups in total. The monoisotopic (exact) mass is 299 g/mol. The summed E-state index contributed by atoms with van der Waals surface area (Å²) in [6.45, 7) is 7.81. The van der Waals surface area contributed by atoms with E-state index in [9.17, 15) is 13.5 Å². The number of rotatable bonds is 7. The second-order valence-electron chi connectivity index (χ2n) is 5.83.